The number of nitrogens with two attached hydrogens (primary N) is 1. The summed E-state index contributed by atoms with van der Waals surface area (Å²) in [6.07, 6.45) is 7.68. The normalized spacial score (nSPS) is 49.4. The molecule has 8 N–H and O–H groups in total. The minimum absolute atomic E-state index is 0.158. The van der Waals surface area contributed by atoms with Gasteiger partial charge in [0.2, 0.25) is 5.91 Å². The van der Waals surface area contributed by atoms with E-state index in [2.05, 4.69) is 5.32 Å². The van der Waals surface area contributed by atoms with Crippen LogP contribution in [0.5, 0.6) is 0 Å². The largest absolute Gasteiger partial charge is 0.390 e. The molecular weight excluding hydrogens is 468 g/mol. The minimum Gasteiger partial charge on any atom is -0.390 e. The van der Waals surface area contributed by atoms with Crippen LogP contribution in [-0.2, 0) is 14.3 Å². The van der Waals surface area contributed by atoms with Crippen LogP contribution in [0.4, 0.5) is 0 Å². The molecule has 1 amide bonds. The molecule has 0 radical (unpaired) electrons. The lowest BCUT2D eigenvalue weighted by molar-refractivity contribution is -0.251. The second-order valence-electron chi connectivity index (χ2n) is 10.6. The number of rotatable bonds is 2. The molecule has 0 bridgehead atoms. The summed E-state index contributed by atoms with van der Waals surface area (Å²) in [5.74, 6) is -2.37. The maximum Gasteiger partial charge on any atom is 0.224 e. The van der Waals surface area contributed by atoms with Gasteiger partial charge in [-0.1, -0.05) is 55.5 Å². The highest BCUT2D eigenvalue weighted by Crippen LogP contribution is 2.41. The Balaban J connectivity index is 1.63. The third-order valence-corrected chi connectivity index (χ3v) is 7.83. The van der Waals surface area contributed by atoms with Crippen molar-refractivity contribution in [1.82, 2.24) is 5.32 Å². The molecule has 2 aliphatic heterocycles. The van der Waals surface area contributed by atoms with Crippen molar-refractivity contribution in [3.63, 3.8) is 0 Å². The number of hydrogen-bond donors (Lipinski definition) is 7. The summed E-state index contributed by atoms with van der Waals surface area (Å²) in [6, 6.07) is -1.02. The molecule has 36 heavy (non-hydrogen) atoms. The number of hydrogen-bond acceptors (Lipinski definition) is 9. The fraction of sp³-hybridized carbons (Fsp3) is 0.654. The van der Waals surface area contributed by atoms with Gasteiger partial charge in [-0.05, 0) is 12.8 Å². The highest BCUT2D eigenvalue weighted by Gasteiger charge is 2.46. The first-order valence-electron chi connectivity index (χ1n) is 12.5. The predicted molar refractivity (Wildman–Crippen MR) is 130 cm³/mol. The van der Waals surface area contributed by atoms with E-state index in [1.807, 2.05) is 12.2 Å². The predicted octanol–water partition coefficient (Wildman–Crippen LogP) is -1.27. The van der Waals surface area contributed by atoms with Crippen LogP contribution in [0.25, 0.3) is 0 Å². The lowest BCUT2D eigenvalue weighted by atomic mass is 9.65. The molecule has 2 saturated heterocycles. The molecular formula is C26H38N2O8. The first-order chi connectivity index (χ1) is 17.0. The molecule has 4 aliphatic rings. The van der Waals surface area contributed by atoms with Crippen molar-refractivity contribution in [2.75, 3.05) is 13.2 Å². The maximum absolute atomic E-state index is 13.2. The van der Waals surface area contributed by atoms with E-state index >= 15 is 0 Å². The van der Waals surface area contributed by atoms with Gasteiger partial charge in [-0.3, -0.25) is 4.79 Å². The van der Waals surface area contributed by atoms with Crippen LogP contribution >= 0.6 is 0 Å². The molecule has 10 heteroatoms. The molecule has 0 aromatic carbocycles. The van der Waals surface area contributed by atoms with Crippen LogP contribution in [0.15, 0.2) is 48.6 Å². The van der Waals surface area contributed by atoms with Crippen LogP contribution in [0.1, 0.15) is 13.8 Å². The summed E-state index contributed by atoms with van der Waals surface area (Å²) in [4.78, 5) is 13.2. The van der Waals surface area contributed by atoms with Gasteiger partial charge in [0.05, 0.1) is 30.8 Å². The van der Waals surface area contributed by atoms with Gasteiger partial charge >= 0.3 is 0 Å². The fourth-order valence-electron chi connectivity index (χ4n) is 5.41. The Hall–Kier alpha value is -1.89. The molecule has 10 nitrogen and oxygen atoms in total. The van der Waals surface area contributed by atoms with Crippen LogP contribution in [-0.4, -0.2) is 93.0 Å². The molecule has 13 atom stereocenters. The Morgan fingerprint density at radius 3 is 2.50 bits per heavy atom. The minimum atomic E-state index is -1.56. The number of carbonyl (C=O) groups excluding carboxylic acids is 1. The van der Waals surface area contributed by atoms with Crippen LogP contribution in [0, 0.1) is 29.6 Å². The average molecular weight is 507 g/mol. The molecule has 0 saturated carbocycles. The van der Waals surface area contributed by atoms with E-state index in [0.717, 1.165) is 0 Å². The van der Waals surface area contributed by atoms with Crippen molar-refractivity contribution >= 4 is 5.91 Å². The number of nitrogens with one attached hydrogen (secondary N) is 1. The Labute approximate surface area is 210 Å². The summed E-state index contributed by atoms with van der Waals surface area (Å²) in [5.41, 5.74) is 4.43. The zero-order chi connectivity index (χ0) is 26.2. The molecule has 4 rings (SSSR count). The second-order valence-corrected chi connectivity index (χ2v) is 10.6. The number of allylic oxidation sites excluding steroid dienone is 5. The van der Waals surface area contributed by atoms with Gasteiger partial charge in [-0.25, -0.2) is 0 Å². The zero-order valence-corrected chi connectivity index (χ0v) is 20.5. The van der Waals surface area contributed by atoms with Gasteiger partial charge in [0, 0.05) is 24.3 Å². The van der Waals surface area contributed by atoms with Gasteiger partial charge in [0.25, 0.3) is 0 Å². The zero-order valence-electron chi connectivity index (χ0n) is 20.5. The third kappa shape index (κ3) is 5.36. The highest BCUT2D eigenvalue weighted by atomic mass is 16.7. The summed E-state index contributed by atoms with van der Waals surface area (Å²) in [7, 11) is 0. The number of aliphatic hydroxyl groups is 5. The molecule has 2 heterocycles. The van der Waals surface area contributed by atoms with Crippen LogP contribution in [0.2, 0.25) is 0 Å². The molecule has 0 spiro atoms. The van der Waals surface area contributed by atoms with Crippen LogP contribution < -0.4 is 11.1 Å². The summed E-state index contributed by atoms with van der Waals surface area (Å²) in [5, 5.41) is 55.6. The van der Waals surface area contributed by atoms with E-state index in [4.69, 9.17) is 15.2 Å². The lowest BCUT2D eigenvalue weighted by Gasteiger charge is -2.43. The van der Waals surface area contributed by atoms with Gasteiger partial charge in [-0.15, -0.1) is 0 Å². The molecule has 200 valence electrons. The molecule has 2 fully saturated rings. The molecule has 0 unspecified atom stereocenters. The van der Waals surface area contributed by atoms with Crippen molar-refractivity contribution in [2.45, 2.75) is 62.3 Å². The monoisotopic (exact) mass is 506 g/mol. The average Bonchev–Trinajstić information content (AvgIpc) is 2.85. The van der Waals surface area contributed by atoms with Crippen molar-refractivity contribution in [3.8, 4) is 0 Å². The van der Waals surface area contributed by atoms with Gasteiger partial charge in [0.15, 0.2) is 6.29 Å². The maximum atomic E-state index is 13.2. The van der Waals surface area contributed by atoms with Crippen molar-refractivity contribution in [3.05, 3.63) is 48.6 Å². The standard InChI is InChI=1S/C26H38N2O8/c1-13-11-28-24(33)19-15-9-10-26(2,34)18(36-25-20(27)23(32)17(29)12-35-25)6-4-3-5-14(15)7-8-16(19)22(31)21(13)30/h3-10,13-23,25,29-32,34H,11-12,27H2,1-2H3,(H,28,33)/t13-,14+,15-,16+,17+,18-,19+,20+,21+,22-,23-,25-,26+/m1/s1. The number of fused-ring (bicyclic) bond motifs is 3. The first-order valence-corrected chi connectivity index (χ1v) is 12.5. The fourth-order valence-corrected chi connectivity index (χ4v) is 5.41. The van der Waals surface area contributed by atoms with Crippen molar-refractivity contribution in [1.29, 1.82) is 0 Å². The summed E-state index contributed by atoms with van der Waals surface area (Å²) >= 11 is 0. The van der Waals surface area contributed by atoms with E-state index in [1.54, 1.807) is 50.3 Å². The van der Waals surface area contributed by atoms with E-state index in [1.165, 1.54) is 0 Å². The smallest absolute Gasteiger partial charge is 0.224 e. The number of amides is 1. The number of aliphatic hydroxyl groups excluding tert-OH is 4. The van der Waals surface area contributed by atoms with E-state index < -0.39 is 66.2 Å². The van der Waals surface area contributed by atoms with Gasteiger partial charge in [-0.2, -0.15) is 0 Å². The van der Waals surface area contributed by atoms with Crippen LogP contribution in [0.3, 0.4) is 0 Å². The lowest BCUT2D eigenvalue weighted by Crippen LogP contribution is -2.59. The Bertz CT molecular complexity index is 918. The molecule has 2 aliphatic carbocycles. The SMILES string of the molecule is C[C@@H]1CNC(=O)[C@H]2[C@@H]3C=C[C@](C)(O)[C@H](O[C@H]4OC[C@H](O)[C@@H](O)[C@@H]4N)C=CC=C[C@H]3C=C[C@@H]2[C@@H](O)[C@H]1O. The van der Waals surface area contributed by atoms with E-state index in [9.17, 15) is 30.3 Å². The summed E-state index contributed by atoms with van der Waals surface area (Å²) < 4.78 is 11.4. The van der Waals surface area contributed by atoms with E-state index in [-0.39, 0.29) is 30.9 Å². The van der Waals surface area contributed by atoms with E-state index in [0.29, 0.717) is 0 Å². The third-order valence-electron chi connectivity index (χ3n) is 7.83. The Kier molecular flexibility index (Phi) is 8.18. The first kappa shape index (κ1) is 27.2. The highest BCUT2D eigenvalue weighted by molar-refractivity contribution is 5.80. The Morgan fingerprint density at radius 2 is 1.75 bits per heavy atom. The van der Waals surface area contributed by atoms with Crippen molar-refractivity contribution in [2.24, 2.45) is 35.3 Å². The van der Waals surface area contributed by atoms with Gasteiger partial charge in [0.1, 0.15) is 23.9 Å². The second kappa shape index (κ2) is 10.8. The van der Waals surface area contributed by atoms with Crippen molar-refractivity contribution < 1.29 is 39.8 Å². The quantitative estimate of drug-likeness (QED) is 0.225. The van der Waals surface area contributed by atoms with Gasteiger partial charge < -0.3 is 46.1 Å². The number of ether oxygens (including phenoxy) is 2. The number of carbonyl (C=O) groups is 1. The topological polar surface area (TPSA) is 175 Å². The molecule has 0 aromatic heterocycles. The molecule has 0 aromatic rings. The Morgan fingerprint density at radius 1 is 1.03 bits per heavy atom. The summed E-state index contributed by atoms with van der Waals surface area (Å²) in [6.45, 7) is 3.42.